The molecule has 0 atom stereocenters. The molecule has 0 aromatic rings. The first-order valence-electron chi connectivity index (χ1n) is 1.66. The van der Waals surface area contributed by atoms with Crippen molar-refractivity contribution in [1.82, 2.24) is 0 Å². The first-order chi connectivity index (χ1) is 3.68. The van der Waals surface area contributed by atoms with Gasteiger partial charge in [-0.2, -0.15) is 0 Å². The third-order valence-corrected chi connectivity index (χ3v) is 1.43. The van der Waals surface area contributed by atoms with Crippen LogP contribution >= 0.6 is 46.4 Å². The van der Waals surface area contributed by atoms with Crippen LogP contribution in [-0.2, 0) is 0 Å². The lowest BCUT2D eigenvalue weighted by atomic mass is 10.6. The topological polar surface area (TPSA) is 0 Å². The average molecular weight is 192 g/mol. The Morgan fingerprint density at radius 1 is 1.12 bits per heavy atom. The third kappa shape index (κ3) is 3.62. The Morgan fingerprint density at radius 3 is 1.75 bits per heavy atom. The van der Waals surface area contributed by atoms with E-state index in [9.17, 15) is 0 Å². The monoisotopic (exact) mass is 190 g/mol. The Bertz CT molecular complexity index is 120. The van der Waals surface area contributed by atoms with Crippen molar-refractivity contribution in [3.05, 3.63) is 21.1 Å². The molecule has 0 aliphatic heterocycles. The fraction of sp³-hybridized carbons (Fsp3) is 0. The summed E-state index contributed by atoms with van der Waals surface area (Å²) in [5, 5.41) is 0.239. The molecule has 0 bridgehead atoms. The van der Waals surface area contributed by atoms with Crippen molar-refractivity contribution in [3.8, 4) is 0 Å². The van der Waals surface area contributed by atoms with Crippen molar-refractivity contribution < 1.29 is 0 Å². The molecule has 0 aliphatic carbocycles. The highest BCUT2D eigenvalue weighted by molar-refractivity contribution is 6.59. The zero-order chi connectivity index (χ0) is 6.57. The van der Waals surface area contributed by atoms with E-state index in [2.05, 4.69) is 0 Å². The summed E-state index contributed by atoms with van der Waals surface area (Å²) in [7, 11) is 0. The summed E-state index contributed by atoms with van der Waals surface area (Å²) in [5.74, 6) is 0. The second-order valence-corrected chi connectivity index (χ2v) is 2.51. The van der Waals surface area contributed by atoms with E-state index in [-0.39, 0.29) is 9.52 Å². The fourth-order valence-electron chi connectivity index (χ4n) is 0.118. The van der Waals surface area contributed by atoms with Gasteiger partial charge in [0.15, 0.2) is 0 Å². The molecule has 0 aromatic heterocycles. The van der Waals surface area contributed by atoms with E-state index in [0.29, 0.717) is 0 Å². The lowest BCUT2D eigenvalue weighted by molar-refractivity contribution is 1.94. The smallest absolute Gasteiger partial charge is 0.0929 e. The predicted octanol–water partition coefficient (Wildman–Crippen LogP) is 3.62. The van der Waals surface area contributed by atoms with E-state index in [1.54, 1.807) is 0 Å². The second kappa shape index (κ2) is 4.51. The molecule has 0 nitrogen and oxygen atoms in total. The summed E-state index contributed by atoms with van der Waals surface area (Å²) < 4.78 is 0.0172. The number of halogens is 4. The van der Waals surface area contributed by atoms with Crippen molar-refractivity contribution in [2.45, 2.75) is 0 Å². The molecule has 0 N–H and O–H groups in total. The third-order valence-electron chi connectivity index (χ3n) is 0.390. The van der Waals surface area contributed by atoms with Crippen LogP contribution in [0.4, 0.5) is 0 Å². The van der Waals surface area contributed by atoms with Crippen LogP contribution in [0.3, 0.4) is 0 Å². The summed E-state index contributed by atoms with van der Waals surface area (Å²) in [4.78, 5) is 0. The van der Waals surface area contributed by atoms with Gasteiger partial charge in [0.2, 0.25) is 0 Å². The van der Waals surface area contributed by atoms with E-state index in [1.165, 1.54) is 11.6 Å². The van der Waals surface area contributed by atoms with Gasteiger partial charge in [-0.3, -0.25) is 0 Å². The summed E-state index contributed by atoms with van der Waals surface area (Å²) in [6, 6.07) is 0. The molecule has 0 aliphatic rings. The molecule has 46 valence electrons. The van der Waals surface area contributed by atoms with E-state index in [0.717, 1.165) is 0 Å². The van der Waals surface area contributed by atoms with Gasteiger partial charge in [0.25, 0.3) is 0 Å². The highest BCUT2D eigenvalue weighted by atomic mass is 35.5. The molecule has 0 fully saturated rings. The van der Waals surface area contributed by atoms with E-state index >= 15 is 0 Å². The van der Waals surface area contributed by atoms with Crippen LogP contribution in [0.25, 0.3) is 0 Å². The lowest BCUT2D eigenvalue weighted by Gasteiger charge is -1.83. The largest absolute Gasteiger partial charge is 0.125 e. The second-order valence-electron chi connectivity index (χ2n) is 0.901. The highest BCUT2D eigenvalue weighted by Gasteiger charge is 1.89. The molecule has 0 saturated carbocycles. The van der Waals surface area contributed by atoms with Crippen LogP contribution in [0, 0.1) is 0 Å². The van der Waals surface area contributed by atoms with Gasteiger partial charge >= 0.3 is 0 Å². The molecular weight excluding hydrogens is 190 g/mol. The number of rotatable bonds is 1. The Kier molecular flexibility index (Phi) is 4.87. The van der Waals surface area contributed by atoms with Gasteiger partial charge in [0.1, 0.15) is 4.49 Å². The van der Waals surface area contributed by atoms with Crippen LogP contribution in [0.1, 0.15) is 0 Å². The lowest BCUT2D eigenvalue weighted by Crippen LogP contribution is -1.59. The minimum absolute atomic E-state index is 0.0172. The van der Waals surface area contributed by atoms with Gasteiger partial charge in [0.05, 0.1) is 5.03 Å². The van der Waals surface area contributed by atoms with Crippen molar-refractivity contribution in [3.63, 3.8) is 0 Å². The first kappa shape index (κ1) is 8.64. The van der Waals surface area contributed by atoms with Crippen LogP contribution in [-0.4, -0.2) is 0 Å². The number of allylic oxidation sites excluding steroid dienone is 2. The summed E-state index contributed by atoms with van der Waals surface area (Å²) >= 11 is 20.9. The minimum atomic E-state index is 0.0172. The Hall–Kier alpha value is 0.640. The highest BCUT2D eigenvalue weighted by Crippen LogP contribution is 2.18. The molecule has 0 aromatic carbocycles. The van der Waals surface area contributed by atoms with Gasteiger partial charge in [0, 0.05) is 5.54 Å². The zero-order valence-electron chi connectivity index (χ0n) is 3.67. The maximum atomic E-state index is 5.36. The molecule has 0 rings (SSSR count). The molecule has 0 saturated heterocycles. The zero-order valence-corrected chi connectivity index (χ0v) is 6.69. The van der Waals surface area contributed by atoms with Crippen molar-refractivity contribution in [2.75, 3.05) is 0 Å². The molecule has 0 heterocycles. The van der Waals surface area contributed by atoms with E-state index < -0.39 is 0 Å². The summed E-state index contributed by atoms with van der Waals surface area (Å²) in [6.07, 6.45) is 1.39. The number of hydrogen-bond donors (Lipinski definition) is 0. The molecule has 0 amide bonds. The summed E-state index contributed by atoms with van der Waals surface area (Å²) in [6.45, 7) is 0. The van der Waals surface area contributed by atoms with Crippen LogP contribution in [0.2, 0.25) is 0 Å². The van der Waals surface area contributed by atoms with Gasteiger partial charge in [-0.05, 0) is 6.08 Å². The standard InChI is InChI=1S/C4H2Cl4/c5-2-1-3(6)4(7)8/h1-2H. The van der Waals surface area contributed by atoms with Gasteiger partial charge in [-0.15, -0.1) is 0 Å². The maximum Gasteiger partial charge on any atom is 0.125 e. The predicted molar refractivity (Wildman–Crippen MR) is 39.6 cm³/mol. The Balaban J connectivity index is 4.00. The van der Waals surface area contributed by atoms with E-state index in [1.807, 2.05) is 0 Å². The van der Waals surface area contributed by atoms with Gasteiger partial charge in [-0.25, -0.2) is 0 Å². The maximum absolute atomic E-state index is 5.36. The van der Waals surface area contributed by atoms with Crippen LogP contribution < -0.4 is 0 Å². The van der Waals surface area contributed by atoms with Crippen molar-refractivity contribution in [1.29, 1.82) is 0 Å². The fourth-order valence-corrected chi connectivity index (χ4v) is 0.498. The molecule has 0 unspecified atom stereocenters. The molecular formula is C4H2Cl4. The van der Waals surface area contributed by atoms with Crippen LogP contribution in [0.5, 0.6) is 0 Å². The molecule has 4 heteroatoms. The van der Waals surface area contributed by atoms with E-state index in [4.69, 9.17) is 46.4 Å². The summed E-state index contributed by atoms with van der Waals surface area (Å²) in [5.41, 5.74) is 1.23. The SMILES string of the molecule is ClC=CC(Cl)=C(Cl)Cl. The molecule has 0 radical (unpaired) electrons. The van der Waals surface area contributed by atoms with Crippen molar-refractivity contribution >= 4 is 46.4 Å². The Morgan fingerprint density at radius 2 is 1.62 bits per heavy atom. The molecule has 0 spiro atoms. The molecule has 8 heavy (non-hydrogen) atoms. The minimum Gasteiger partial charge on any atom is -0.0929 e. The van der Waals surface area contributed by atoms with Crippen LogP contribution in [0.15, 0.2) is 21.1 Å². The van der Waals surface area contributed by atoms with Crippen molar-refractivity contribution in [2.24, 2.45) is 0 Å². The average Bonchev–Trinajstić information content (AvgIpc) is 1.67. The van der Waals surface area contributed by atoms with Gasteiger partial charge in [-0.1, -0.05) is 46.4 Å². The number of hydrogen-bond acceptors (Lipinski definition) is 0. The van der Waals surface area contributed by atoms with Gasteiger partial charge < -0.3 is 0 Å². The first-order valence-corrected chi connectivity index (χ1v) is 3.23. The normalized spacial score (nSPS) is 10.0. The Labute approximate surface area is 67.7 Å². The quantitative estimate of drug-likeness (QED) is 0.556.